The predicted octanol–water partition coefficient (Wildman–Crippen LogP) is 5.21. The van der Waals surface area contributed by atoms with E-state index in [0.717, 1.165) is 5.56 Å². The third kappa shape index (κ3) is 6.85. The minimum atomic E-state index is -0.656. The minimum absolute atomic E-state index is 0.0196. The molecule has 29 heavy (non-hydrogen) atoms. The summed E-state index contributed by atoms with van der Waals surface area (Å²) in [6.45, 7) is 11.3. The highest BCUT2D eigenvalue weighted by Gasteiger charge is 2.25. The number of carbonyl (C=O) groups is 1. The van der Waals surface area contributed by atoms with Crippen molar-refractivity contribution in [3.63, 3.8) is 0 Å². The smallest absolute Gasteiger partial charge is 0.416 e. The highest BCUT2D eigenvalue weighted by molar-refractivity contribution is 5.94. The quantitative estimate of drug-likeness (QED) is 0.393. The lowest BCUT2D eigenvalue weighted by Crippen LogP contribution is -2.41. The van der Waals surface area contributed by atoms with Crippen molar-refractivity contribution in [3.8, 4) is 0 Å². The van der Waals surface area contributed by atoms with Crippen molar-refractivity contribution in [1.82, 2.24) is 9.88 Å². The fourth-order valence-electron chi connectivity index (χ4n) is 2.53. The first-order valence-electron chi connectivity index (χ1n) is 9.57. The van der Waals surface area contributed by atoms with Gasteiger partial charge in [-0.25, -0.2) is 19.2 Å². The minimum Gasteiger partial charge on any atom is -0.443 e. The fourth-order valence-corrected chi connectivity index (χ4v) is 2.53. The standard InChI is InChI=1S/C22H29FN4O2/c1-16(2)27(20-9-7-8-14-24-20)25-17(3)26(21(28)29-22(4,5)6)15-18-10-12-19(23)13-11-18/h7-14,16H,15H2,1-6H3/b25-17+. The molecule has 0 N–H and O–H groups in total. The van der Waals surface area contributed by atoms with Gasteiger partial charge in [0, 0.05) is 12.2 Å². The average molecular weight is 400 g/mol. The first-order valence-corrected chi connectivity index (χ1v) is 9.57. The Morgan fingerprint density at radius 1 is 1.17 bits per heavy atom. The number of ether oxygens (including phenoxy) is 1. The molecule has 0 spiro atoms. The van der Waals surface area contributed by atoms with Gasteiger partial charge in [-0.05, 0) is 71.4 Å². The van der Waals surface area contributed by atoms with Crippen LogP contribution >= 0.6 is 0 Å². The van der Waals surface area contributed by atoms with Crippen LogP contribution in [0.15, 0.2) is 53.8 Å². The van der Waals surface area contributed by atoms with Crippen LogP contribution < -0.4 is 5.01 Å². The zero-order chi connectivity index (χ0) is 21.6. The van der Waals surface area contributed by atoms with Gasteiger partial charge in [-0.1, -0.05) is 18.2 Å². The second-order valence-corrected chi connectivity index (χ2v) is 7.97. The molecule has 1 aromatic carbocycles. The van der Waals surface area contributed by atoms with E-state index in [1.54, 1.807) is 30.3 Å². The number of hydrazone groups is 1. The van der Waals surface area contributed by atoms with E-state index in [1.807, 2.05) is 52.8 Å². The zero-order valence-electron chi connectivity index (χ0n) is 17.9. The Labute approximate surface area is 172 Å². The highest BCUT2D eigenvalue weighted by atomic mass is 19.1. The number of aromatic nitrogens is 1. The lowest BCUT2D eigenvalue weighted by atomic mass is 10.2. The van der Waals surface area contributed by atoms with Gasteiger partial charge in [0.05, 0.1) is 6.54 Å². The van der Waals surface area contributed by atoms with Crippen LogP contribution in [0.4, 0.5) is 15.0 Å². The molecule has 2 aromatic rings. The number of amidine groups is 1. The molecule has 0 aliphatic heterocycles. The van der Waals surface area contributed by atoms with Gasteiger partial charge in [-0.2, -0.15) is 5.10 Å². The summed E-state index contributed by atoms with van der Waals surface area (Å²) in [7, 11) is 0. The number of rotatable bonds is 5. The molecule has 0 fully saturated rings. The molecule has 156 valence electrons. The molecular weight excluding hydrogens is 371 g/mol. The Morgan fingerprint density at radius 2 is 1.83 bits per heavy atom. The Balaban J connectivity index is 2.37. The summed E-state index contributed by atoms with van der Waals surface area (Å²) >= 11 is 0. The highest BCUT2D eigenvalue weighted by Crippen LogP contribution is 2.17. The van der Waals surface area contributed by atoms with Crippen LogP contribution in [-0.2, 0) is 11.3 Å². The van der Waals surface area contributed by atoms with E-state index in [4.69, 9.17) is 4.74 Å². The summed E-state index contributed by atoms with van der Waals surface area (Å²) in [5.74, 6) is 0.791. The Bertz CT molecular complexity index is 830. The van der Waals surface area contributed by atoms with E-state index in [2.05, 4.69) is 10.1 Å². The van der Waals surface area contributed by atoms with Crippen molar-refractivity contribution in [2.45, 2.75) is 59.7 Å². The second kappa shape index (κ2) is 9.49. The van der Waals surface area contributed by atoms with Crippen molar-refractivity contribution in [3.05, 3.63) is 60.0 Å². The molecule has 0 saturated carbocycles. The van der Waals surface area contributed by atoms with Crippen LogP contribution in [0.5, 0.6) is 0 Å². The molecule has 7 heteroatoms. The first-order chi connectivity index (χ1) is 13.6. The van der Waals surface area contributed by atoms with Crippen molar-refractivity contribution < 1.29 is 13.9 Å². The van der Waals surface area contributed by atoms with Gasteiger partial charge in [0.25, 0.3) is 0 Å². The molecule has 1 amide bonds. The van der Waals surface area contributed by atoms with E-state index in [9.17, 15) is 9.18 Å². The van der Waals surface area contributed by atoms with Crippen molar-refractivity contribution in [2.75, 3.05) is 5.01 Å². The number of benzene rings is 1. The summed E-state index contributed by atoms with van der Waals surface area (Å²) in [5.41, 5.74) is 0.109. The van der Waals surface area contributed by atoms with Gasteiger partial charge in [-0.3, -0.25) is 4.90 Å². The van der Waals surface area contributed by atoms with Gasteiger partial charge in [0.15, 0.2) is 0 Å². The molecule has 0 bridgehead atoms. The normalized spacial score (nSPS) is 12.1. The summed E-state index contributed by atoms with van der Waals surface area (Å²) in [6.07, 6.45) is 1.17. The zero-order valence-corrected chi connectivity index (χ0v) is 17.9. The number of hydrogen-bond acceptors (Lipinski definition) is 5. The summed E-state index contributed by atoms with van der Waals surface area (Å²) in [5, 5.41) is 6.40. The van der Waals surface area contributed by atoms with Crippen LogP contribution in [0, 0.1) is 5.82 Å². The summed E-state index contributed by atoms with van der Waals surface area (Å²) in [6, 6.07) is 11.6. The van der Waals surface area contributed by atoms with Gasteiger partial charge in [0.1, 0.15) is 23.1 Å². The van der Waals surface area contributed by atoms with Crippen LogP contribution in [0.25, 0.3) is 0 Å². The molecular formula is C22H29FN4O2. The molecule has 1 aromatic heterocycles. The first kappa shape index (κ1) is 22.3. The SMILES string of the molecule is C/C(=N\N(c1ccccn1)C(C)C)N(Cc1ccc(F)cc1)C(=O)OC(C)(C)C. The molecule has 2 rings (SSSR count). The fraction of sp³-hybridized carbons (Fsp3) is 0.409. The summed E-state index contributed by atoms with van der Waals surface area (Å²) in [4.78, 5) is 18.7. The lowest BCUT2D eigenvalue weighted by Gasteiger charge is -2.29. The monoisotopic (exact) mass is 400 g/mol. The Hall–Kier alpha value is -2.96. The maximum absolute atomic E-state index is 13.3. The molecule has 0 unspecified atom stereocenters. The van der Waals surface area contributed by atoms with Gasteiger partial charge >= 0.3 is 6.09 Å². The number of halogens is 1. The number of hydrogen-bond donors (Lipinski definition) is 0. The molecule has 0 radical (unpaired) electrons. The van der Waals surface area contributed by atoms with E-state index in [-0.39, 0.29) is 18.4 Å². The van der Waals surface area contributed by atoms with Gasteiger partial charge in [-0.15, -0.1) is 0 Å². The van der Waals surface area contributed by atoms with Crippen LogP contribution in [-0.4, -0.2) is 33.5 Å². The van der Waals surface area contributed by atoms with E-state index >= 15 is 0 Å². The topological polar surface area (TPSA) is 58.0 Å². The predicted molar refractivity (Wildman–Crippen MR) is 113 cm³/mol. The third-order valence-corrected chi connectivity index (χ3v) is 3.88. The van der Waals surface area contributed by atoms with Crippen molar-refractivity contribution >= 4 is 17.7 Å². The lowest BCUT2D eigenvalue weighted by molar-refractivity contribution is 0.0357. The summed E-state index contributed by atoms with van der Waals surface area (Å²) < 4.78 is 18.8. The molecule has 0 saturated heterocycles. The number of nitrogens with zero attached hydrogens (tertiary/aromatic N) is 4. The second-order valence-electron chi connectivity index (χ2n) is 7.97. The Kier molecular flexibility index (Phi) is 7.31. The van der Waals surface area contributed by atoms with Gasteiger partial charge in [0.2, 0.25) is 0 Å². The number of carbonyl (C=O) groups excluding carboxylic acids is 1. The van der Waals surface area contributed by atoms with Crippen LogP contribution in [0.1, 0.15) is 47.1 Å². The van der Waals surface area contributed by atoms with Crippen molar-refractivity contribution in [1.29, 1.82) is 0 Å². The maximum atomic E-state index is 13.3. The van der Waals surface area contributed by atoms with Crippen LogP contribution in [0.3, 0.4) is 0 Å². The molecule has 1 heterocycles. The molecule has 0 aliphatic rings. The molecule has 0 atom stereocenters. The van der Waals surface area contributed by atoms with E-state index < -0.39 is 11.7 Å². The average Bonchev–Trinajstić information content (AvgIpc) is 2.64. The largest absolute Gasteiger partial charge is 0.443 e. The molecule has 6 nitrogen and oxygen atoms in total. The number of anilines is 1. The van der Waals surface area contributed by atoms with Crippen molar-refractivity contribution in [2.24, 2.45) is 5.10 Å². The maximum Gasteiger partial charge on any atom is 0.416 e. The van der Waals surface area contributed by atoms with E-state index in [1.165, 1.54) is 17.0 Å². The third-order valence-electron chi connectivity index (χ3n) is 3.88. The number of amides is 1. The van der Waals surface area contributed by atoms with Crippen LogP contribution in [0.2, 0.25) is 0 Å². The van der Waals surface area contributed by atoms with Gasteiger partial charge < -0.3 is 4.74 Å². The van der Waals surface area contributed by atoms with E-state index in [0.29, 0.717) is 11.7 Å². The Morgan fingerprint density at radius 3 is 2.34 bits per heavy atom. The molecule has 0 aliphatic carbocycles. The number of pyridine rings is 1.